The molecule has 0 fully saturated rings. The van der Waals surface area contributed by atoms with E-state index in [-0.39, 0.29) is 5.34 Å². The van der Waals surface area contributed by atoms with E-state index in [1.54, 1.807) is 0 Å². The fraction of sp³-hybridized carbons (Fsp3) is 0.143. The molecule has 0 radical (unpaired) electrons. The molecule has 0 saturated heterocycles. The second-order valence-corrected chi connectivity index (χ2v) is 3.97. The number of rotatable bonds is 1. The number of alkyl halides is 2. The van der Waals surface area contributed by atoms with E-state index in [4.69, 9.17) is 45.5 Å². The van der Waals surface area contributed by atoms with Gasteiger partial charge in [0.25, 0.3) is 0 Å². The maximum Gasteiger partial charge on any atom is 0.0967 e. The second-order valence-electron chi connectivity index (χ2n) is 1.63. The van der Waals surface area contributed by atoms with Gasteiger partial charge in [-0.15, -0.1) is 23.2 Å². The Morgan fingerprint density at radius 2 is 1.50 bits per heavy atom. The lowest BCUT2D eigenvalue weighted by Gasteiger charge is -1.90. The first kappa shape index (κ1) is 12.7. The third-order valence-corrected chi connectivity index (χ3v) is 2.14. The number of hydrogen-bond donors (Lipinski definition) is 0. The first-order valence-corrected chi connectivity index (χ1v) is 5.99. The summed E-state index contributed by atoms with van der Waals surface area (Å²) in [6.07, 6.45) is 0. The van der Waals surface area contributed by atoms with Gasteiger partial charge < -0.3 is 0 Å². The standard InChI is InChI=1S/C6H4Cl2S.CH2Cl2/c7-5-1-3-6(9-8)4-2-5;2-1-3/h1-4H;1H2. The summed E-state index contributed by atoms with van der Waals surface area (Å²) in [6, 6.07) is 7.37. The average Bonchev–Trinajstić information content (AvgIpc) is 2.07. The van der Waals surface area contributed by atoms with E-state index in [0.717, 1.165) is 9.92 Å². The summed E-state index contributed by atoms with van der Waals surface area (Å²) >= 11 is 15.1. The third-order valence-electron chi connectivity index (χ3n) is 0.903. The van der Waals surface area contributed by atoms with Gasteiger partial charge in [0, 0.05) is 9.92 Å². The van der Waals surface area contributed by atoms with E-state index >= 15 is 0 Å². The van der Waals surface area contributed by atoms with Crippen molar-refractivity contribution in [2.75, 3.05) is 5.34 Å². The van der Waals surface area contributed by atoms with Gasteiger partial charge in [0.15, 0.2) is 0 Å². The maximum absolute atomic E-state index is 5.62. The Morgan fingerprint density at radius 3 is 1.83 bits per heavy atom. The minimum Gasteiger partial charge on any atom is -0.109 e. The second kappa shape index (κ2) is 8.33. The van der Waals surface area contributed by atoms with E-state index in [1.807, 2.05) is 24.3 Å². The van der Waals surface area contributed by atoms with Crippen LogP contribution >= 0.6 is 56.5 Å². The van der Waals surface area contributed by atoms with Crippen LogP contribution in [0.1, 0.15) is 0 Å². The van der Waals surface area contributed by atoms with Gasteiger partial charge in [0.2, 0.25) is 0 Å². The minimum atomic E-state index is 0.194. The quantitative estimate of drug-likeness (QED) is 0.642. The topological polar surface area (TPSA) is 0 Å². The summed E-state index contributed by atoms with van der Waals surface area (Å²) in [5.41, 5.74) is 0. The molecule has 0 bridgehead atoms. The van der Waals surface area contributed by atoms with Crippen LogP contribution in [0.3, 0.4) is 0 Å². The van der Waals surface area contributed by atoms with Crippen molar-refractivity contribution in [1.29, 1.82) is 0 Å². The molecule has 0 heterocycles. The Balaban J connectivity index is 0.000000354. The molecule has 12 heavy (non-hydrogen) atoms. The molecule has 0 aliphatic rings. The molecule has 0 spiro atoms. The highest BCUT2D eigenvalue weighted by atomic mass is 35.7. The van der Waals surface area contributed by atoms with Crippen molar-refractivity contribution in [2.24, 2.45) is 0 Å². The van der Waals surface area contributed by atoms with Crippen molar-refractivity contribution in [3.8, 4) is 0 Å². The number of halogens is 4. The van der Waals surface area contributed by atoms with Crippen LogP contribution in [0.5, 0.6) is 0 Å². The SMILES string of the molecule is ClCCl.ClSc1ccc(Cl)cc1. The molecule has 0 unspecified atom stereocenters. The predicted molar refractivity (Wildman–Crippen MR) is 59.7 cm³/mol. The van der Waals surface area contributed by atoms with Gasteiger partial charge in [-0.25, -0.2) is 0 Å². The van der Waals surface area contributed by atoms with E-state index in [1.165, 1.54) is 11.0 Å². The van der Waals surface area contributed by atoms with Gasteiger partial charge in [-0.1, -0.05) is 11.6 Å². The lowest BCUT2D eigenvalue weighted by Crippen LogP contribution is -1.64. The van der Waals surface area contributed by atoms with Gasteiger partial charge in [0.05, 0.1) is 5.34 Å². The van der Waals surface area contributed by atoms with E-state index in [9.17, 15) is 0 Å². The molecule has 68 valence electrons. The fourth-order valence-corrected chi connectivity index (χ4v) is 1.16. The van der Waals surface area contributed by atoms with Crippen molar-refractivity contribution < 1.29 is 0 Å². The van der Waals surface area contributed by atoms with Gasteiger partial charge >= 0.3 is 0 Å². The molecular formula is C7H6Cl4S. The monoisotopic (exact) mass is 262 g/mol. The van der Waals surface area contributed by atoms with Crippen LogP contribution in [0, 0.1) is 0 Å². The molecule has 1 rings (SSSR count). The zero-order chi connectivity index (χ0) is 9.40. The molecule has 0 aliphatic heterocycles. The molecule has 1 aromatic rings. The Kier molecular flexibility index (Phi) is 8.84. The van der Waals surface area contributed by atoms with Gasteiger partial charge in [0.1, 0.15) is 0 Å². The first-order valence-electron chi connectivity index (χ1n) is 2.90. The lowest BCUT2D eigenvalue weighted by molar-refractivity contribution is 1.48. The molecule has 0 aromatic heterocycles. The minimum absolute atomic E-state index is 0.194. The third kappa shape index (κ3) is 6.27. The molecule has 0 aliphatic carbocycles. The molecule has 0 saturated carbocycles. The van der Waals surface area contributed by atoms with Crippen LogP contribution in [-0.4, -0.2) is 5.34 Å². The maximum atomic E-state index is 5.62. The summed E-state index contributed by atoms with van der Waals surface area (Å²) in [7, 11) is 6.64. The molecular weight excluding hydrogens is 258 g/mol. The summed E-state index contributed by atoms with van der Waals surface area (Å²) < 4.78 is 0. The van der Waals surface area contributed by atoms with E-state index in [0.29, 0.717) is 0 Å². The Morgan fingerprint density at radius 1 is 1.08 bits per heavy atom. The zero-order valence-corrected chi connectivity index (χ0v) is 9.78. The van der Waals surface area contributed by atoms with Gasteiger partial charge in [-0.2, -0.15) is 0 Å². The van der Waals surface area contributed by atoms with Crippen molar-refractivity contribution in [3.05, 3.63) is 29.3 Å². The van der Waals surface area contributed by atoms with Crippen LogP contribution < -0.4 is 0 Å². The highest BCUT2D eigenvalue weighted by Crippen LogP contribution is 2.22. The average molecular weight is 264 g/mol. The van der Waals surface area contributed by atoms with Crippen LogP contribution in [0.2, 0.25) is 5.02 Å². The summed E-state index contributed by atoms with van der Waals surface area (Å²) in [5.74, 6) is 0. The Hall–Kier alpha value is 0.730. The summed E-state index contributed by atoms with van der Waals surface area (Å²) in [6.45, 7) is 0. The normalized spacial score (nSPS) is 8.67. The van der Waals surface area contributed by atoms with Crippen molar-refractivity contribution in [1.82, 2.24) is 0 Å². The molecule has 0 nitrogen and oxygen atoms in total. The van der Waals surface area contributed by atoms with E-state index < -0.39 is 0 Å². The van der Waals surface area contributed by atoms with Gasteiger partial charge in [-0.3, -0.25) is 0 Å². The van der Waals surface area contributed by atoms with Crippen molar-refractivity contribution in [2.45, 2.75) is 4.90 Å². The number of hydrogen-bond acceptors (Lipinski definition) is 1. The molecule has 0 atom stereocenters. The van der Waals surface area contributed by atoms with Crippen LogP contribution in [0.15, 0.2) is 29.2 Å². The fourth-order valence-electron chi connectivity index (χ4n) is 0.486. The molecule has 1 aromatic carbocycles. The number of benzene rings is 1. The Bertz CT molecular complexity index is 199. The predicted octanol–water partition coefficient (Wildman–Crippen LogP) is 5.01. The first-order chi connectivity index (χ1) is 5.74. The molecule has 0 N–H and O–H groups in total. The zero-order valence-electron chi connectivity index (χ0n) is 5.94. The highest BCUT2D eigenvalue weighted by Gasteiger charge is 1.88. The van der Waals surface area contributed by atoms with Gasteiger partial charge in [-0.05, 0) is 45.9 Å². The Labute approximate surface area is 95.6 Å². The summed E-state index contributed by atoms with van der Waals surface area (Å²) in [4.78, 5) is 1.01. The van der Waals surface area contributed by atoms with Crippen LogP contribution in [0.4, 0.5) is 0 Å². The lowest BCUT2D eigenvalue weighted by atomic mass is 10.4. The smallest absolute Gasteiger partial charge is 0.0967 e. The summed E-state index contributed by atoms with van der Waals surface area (Å²) in [5, 5.41) is 0.935. The van der Waals surface area contributed by atoms with Crippen molar-refractivity contribution >= 4 is 56.5 Å². The van der Waals surface area contributed by atoms with Crippen molar-refractivity contribution in [3.63, 3.8) is 0 Å². The largest absolute Gasteiger partial charge is 0.109 e. The highest BCUT2D eigenvalue weighted by molar-refractivity contribution is 8.21. The molecule has 5 heteroatoms. The van der Waals surface area contributed by atoms with E-state index in [2.05, 4.69) is 0 Å². The van der Waals surface area contributed by atoms with Crippen LogP contribution in [-0.2, 0) is 0 Å². The van der Waals surface area contributed by atoms with Crippen LogP contribution in [0.25, 0.3) is 0 Å². The molecule has 0 amide bonds.